The van der Waals surface area contributed by atoms with Gasteiger partial charge in [-0.2, -0.15) is 0 Å². The van der Waals surface area contributed by atoms with Crippen molar-refractivity contribution in [3.63, 3.8) is 0 Å². The SMILES string of the molecule is Cc1ccc2cc3ccccc3c(OC(=O)Oc3cccc4ccccc34)c2c1. The summed E-state index contributed by atoms with van der Waals surface area (Å²) in [7, 11) is 0. The molecule has 5 aromatic carbocycles. The zero-order valence-electron chi connectivity index (χ0n) is 15.9. The van der Waals surface area contributed by atoms with Gasteiger partial charge in [0, 0.05) is 16.2 Å². The molecule has 0 unspecified atom stereocenters. The first-order chi connectivity index (χ1) is 14.2. The van der Waals surface area contributed by atoms with Crippen molar-refractivity contribution in [2.45, 2.75) is 6.92 Å². The van der Waals surface area contributed by atoms with Crippen molar-refractivity contribution in [1.29, 1.82) is 0 Å². The van der Waals surface area contributed by atoms with Gasteiger partial charge in [0.25, 0.3) is 0 Å². The third-order valence-electron chi connectivity index (χ3n) is 5.10. The molecular formula is C26H18O3. The Kier molecular flexibility index (Phi) is 4.14. The predicted octanol–water partition coefficient (Wildman–Crippen LogP) is 7.03. The maximum absolute atomic E-state index is 12.8. The summed E-state index contributed by atoms with van der Waals surface area (Å²) in [4.78, 5) is 12.8. The zero-order valence-corrected chi connectivity index (χ0v) is 15.9. The third kappa shape index (κ3) is 3.17. The van der Waals surface area contributed by atoms with Crippen molar-refractivity contribution in [3.8, 4) is 11.5 Å². The van der Waals surface area contributed by atoms with Crippen molar-refractivity contribution < 1.29 is 14.3 Å². The summed E-state index contributed by atoms with van der Waals surface area (Å²) in [6.07, 6.45) is -0.750. The van der Waals surface area contributed by atoms with E-state index in [1.807, 2.05) is 79.7 Å². The van der Waals surface area contributed by atoms with E-state index < -0.39 is 6.16 Å². The number of fused-ring (bicyclic) bond motifs is 3. The van der Waals surface area contributed by atoms with Crippen LogP contribution in [0.25, 0.3) is 32.3 Å². The summed E-state index contributed by atoms with van der Waals surface area (Å²) in [5.74, 6) is 1.00. The molecule has 140 valence electrons. The summed E-state index contributed by atoms with van der Waals surface area (Å²) in [5, 5.41) is 5.66. The quantitative estimate of drug-likeness (QED) is 0.188. The Labute approximate surface area is 168 Å². The van der Waals surface area contributed by atoms with E-state index in [0.717, 1.165) is 37.9 Å². The van der Waals surface area contributed by atoms with E-state index in [4.69, 9.17) is 9.47 Å². The molecule has 3 nitrogen and oxygen atoms in total. The van der Waals surface area contributed by atoms with Crippen LogP contribution in [0.1, 0.15) is 5.56 Å². The van der Waals surface area contributed by atoms with Crippen LogP contribution in [0.15, 0.2) is 91.0 Å². The average molecular weight is 378 g/mol. The van der Waals surface area contributed by atoms with Crippen LogP contribution in [0.4, 0.5) is 4.79 Å². The summed E-state index contributed by atoms with van der Waals surface area (Å²) in [5.41, 5.74) is 1.10. The van der Waals surface area contributed by atoms with Crippen molar-refractivity contribution in [3.05, 3.63) is 96.6 Å². The maximum Gasteiger partial charge on any atom is 0.519 e. The van der Waals surface area contributed by atoms with E-state index in [1.54, 1.807) is 6.07 Å². The second kappa shape index (κ2) is 6.95. The van der Waals surface area contributed by atoms with E-state index in [-0.39, 0.29) is 0 Å². The molecule has 3 heteroatoms. The van der Waals surface area contributed by atoms with Crippen LogP contribution in [0, 0.1) is 6.92 Å². The molecule has 0 aliphatic carbocycles. The highest BCUT2D eigenvalue weighted by Crippen LogP contribution is 2.36. The first-order valence-corrected chi connectivity index (χ1v) is 9.48. The number of hydrogen-bond donors (Lipinski definition) is 0. The Morgan fingerprint density at radius 2 is 1.31 bits per heavy atom. The van der Waals surface area contributed by atoms with E-state index in [1.165, 1.54) is 0 Å². The molecule has 0 radical (unpaired) electrons. The molecule has 0 atom stereocenters. The Morgan fingerprint density at radius 3 is 2.17 bits per heavy atom. The first-order valence-electron chi connectivity index (χ1n) is 9.48. The molecule has 29 heavy (non-hydrogen) atoms. The minimum atomic E-state index is -0.750. The fourth-order valence-corrected chi connectivity index (χ4v) is 3.72. The van der Waals surface area contributed by atoms with Gasteiger partial charge >= 0.3 is 6.16 Å². The summed E-state index contributed by atoms with van der Waals surface area (Å²) in [6.45, 7) is 2.02. The first kappa shape index (κ1) is 17.3. The Balaban J connectivity index is 1.58. The number of carbonyl (C=O) groups excluding carboxylic acids is 1. The lowest BCUT2D eigenvalue weighted by molar-refractivity contribution is 0.153. The molecule has 0 aliphatic heterocycles. The number of benzene rings is 5. The second-order valence-corrected chi connectivity index (χ2v) is 7.08. The lowest BCUT2D eigenvalue weighted by Gasteiger charge is -2.13. The van der Waals surface area contributed by atoms with Crippen molar-refractivity contribution >= 4 is 38.5 Å². The highest BCUT2D eigenvalue weighted by Gasteiger charge is 2.16. The molecule has 0 saturated carbocycles. The van der Waals surface area contributed by atoms with Gasteiger partial charge in [0.1, 0.15) is 11.5 Å². The van der Waals surface area contributed by atoms with Gasteiger partial charge in [-0.15, -0.1) is 0 Å². The largest absolute Gasteiger partial charge is 0.519 e. The van der Waals surface area contributed by atoms with Crippen LogP contribution in [-0.2, 0) is 0 Å². The Morgan fingerprint density at radius 1 is 0.621 bits per heavy atom. The van der Waals surface area contributed by atoms with Crippen LogP contribution in [-0.4, -0.2) is 6.16 Å². The topological polar surface area (TPSA) is 35.5 Å². The summed E-state index contributed by atoms with van der Waals surface area (Å²) >= 11 is 0. The highest BCUT2D eigenvalue weighted by atomic mass is 16.7. The third-order valence-corrected chi connectivity index (χ3v) is 5.10. The van der Waals surface area contributed by atoms with Gasteiger partial charge in [-0.25, -0.2) is 4.79 Å². The Hall–Kier alpha value is -3.85. The van der Waals surface area contributed by atoms with Gasteiger partial charge in [0.15, 0.2) is 0 Å². The molecule has 0 saturated heterocycles. The van der Waals surface area contributed by atoms with Gasteiger partial charge in [0.05, 0.1) is 0 Å². The fourth-order valence-electron chi connectivity index (χ4n) is 3.72. The van der Waals surface area contributed by atoms with Gasteiger partial charge < -0.3 is 9.47 Å². The van der Waals surface area contributed by atoms with Crippen LogP contribution < -0.4 is 9.47 Å². The number of ether oxygens (including phenoxy) is 2. The molecule has 0 spiro atoms. The van der Waals surface area contributed by atoms with E-state index in [0.29, 0.717) is 11.5 Å². The number of rotatable bonds is 2. The van der Waals surface area contributed by atoms with Crippen LogP contribution >= 0.6 is 0 Å². The van der Waals surface area contributed by atoms with Gasteiger partial charge in [-0.3, -0.25) is 0 Å². The molecule has 5 aromatic rings. The molecule has 0 N–H and O–H groups in total. The van der Waals surface area contributed by atoms with Gasteiger partial charge in [0.2, 0.25) is 0 Å². The lowest BCUT2D eigenvalue weighted by Crippen LogP contribution is -2.14. The standard InChI is InChI=1S/C26H18O3/c1-17-13-14-20-16-19-8-3-5-11-22(19)25(23(20)15-17)29-26(27)28-24-12-6-9-18-7-2-4-10-21(18)24/h2-16H,1H3. The van der Waals surface area contributed by atoms with Gasteiger partial charge in [-0.05, 0) is 41.3 Å². The van der Waals surface area contributed by atoms with E-state index in [2.05, 4.69) is 12.1 Å². The second-order valence-electron chi connectivity index (χ2n) is 7.08. The molecule has 0 amide bonds. The summed E-state index contributed by atoms with van der Waals surface area (Å²) in [6, 6.07) is 29.5. The molecule has 0 bridgehead atoms. The molecule has 0 aliphatic rings. The normalized spacial score (nSPS) is 11.1. The Bertz CT molecular complexity index is 1380. The number of carbonyl (C=O) groups is 1. The van der Waals surface area contributed by atoms with Crippen LogP contribution in [0.2, 0.25) is 0 Å². The predicted molar refractivity (Wildman–Crippen MR) is 117 cm³/mol. The zero-order chi connectivity index (χ0) is 19.8. The van der Waals surface area contributed by atoms with Crippen molar-refractivity contribution in [2.75, 3.05) is 0 Å². The lowest BCUT2D eigenvalue weighted by atomic mass is 10.0. The summed E-state index contributed by atoms with van der Waals surface area (Å²) < 4.78 is 11.4. The number of hydrogen-bond acceptors (Lipinski definition) is 3. The molecule has 0 heterocycles. The van der Waals surface area contributed by atoms with Crippen LogP contribution in [0.3, 0.4) is 0 Å². The van der Waals surface area contributed by atoms with Crippen molar-refractivity contribution in [2.24, 2.45) is 0 Å². The maximum atomic E-state index is 12.8. The minimum absolute atomic E-state index is 0.480. The molecule has 0 fully saturated rings. The number of aryl methyl sites for hydroxylation is 1. The van der Waals surface area contributed by atoms with E-state index >= 15 is 0 Å². The van der Waals surface area contributed by atoms with E-state index in [9.17, 15) is 4.79 Å². The van der Waals surface area contributed by atoms with Crippen molar-refractivity contribution in [1.82, 2.24) is 0 Å². The highest BCUT2D eigenvalue weighted by molar-refractivity contribution is 6.06. The molecular weight excluding hydrogens is 360 g/mol. The molecule has 5 rings (SSSR count). The monoisotopic (exact) mass is 378 g/mol. The minimum Gasteiger partial charge on any atom is -0.394 e. The van der Waals surface area contributed by atoms with Crippen LogP contribution in [0.5, 0.6) is 11.5 Å². The fraction of sp³-hybridized carbons (Fsp3) is 0.0385. The average Bonchev–Trinajstić information content (AvgIpc) is 2.74. The molecule has 0 aromatic heterocycles. The smallest absolute Gasteiger partial charge is 0.394 e. The van der Waals surface area contributed by atoms with Gasteiger partial charge in [-0.1, -0.05) is 78.4 Å².